The highest BCUT2D eigenvalue weighted by Gasteiger charge is 2.13. The molecule has 0 aliphatic carbocycles. The maximum Gasteiger partial charge on any atom is 0.166 e. The Hall–Kier alpha value is -1.13. The summed E-state index contributed by atoms with van der Waals surface area (Å²) in [5.74, 6) is 0. The minimum atomic E-state index is 0.249. The summed E-state index contributed by atoms with van der Waals surface area (Å²) in [5.41, 5.74) is 1.26. The molecule has 3 N–H and O–H groups in total. The van der Waals surface area contributed by atoms with E-state index in [0.717, 1.165) is 11.7 Å². The van der Waals surface area contributed by atoms with Crippen molar-refractivity contribution < 1.29 is 4.90 Å². The monoisotopic (exact) mass is 292 g/mol. The first-order chi connectivity index (χ1) is 9.75. The Kier molecular flexibility index (Phi) is 6.27. The molecule has 3 nitrogen and oxygen atoms in total. The van der Waals surface area contributed by atoms with Crippen molar-refractivity contribution in [2.45, 2.75) is 32.2 Å². The lowest BCUT2D eigenvalue weighted by molar-refractivity contribution is -0.903. The molecule has 0 amide bonds. The molecule has 20 heavy (non-hydrogen) atoms. The number of quaternary nitrogens is 1. The topological polar surface area (TPSA) is 28.5 Å². The summed E-state index contributed by atoms with van der Waals surface area (Å²) in [5, 5.41) is 7.44. The Labute approximate surface area is 127 Å². The van der Waals surface area contributed by atoms with Crippen LogP contribution in [0.5, 0.6) is 0 Å². The van der Waals surface area contributed by atoms with E-state index in [1.54, 1.807) is 4.90 Å². The van der Waals surface area contributed by atoms with Crippen LogP contribution in [0, 0.1) is 0 Å². The Morgan fingerprint density at radius 1 is 1.20 bits per heavy atom. The summed E-state index contributed by atoms with van der Waals surface area (Å²) in [6, 6.07) is 10.6. The van der Waals surface area contributed by atoms with Crippen LogP contribution in [0.4, 0.5) is 0 Å². The van der Waals surface area contributed by atoms with Gasteiger partial charge in [-0.2, -0.15) is 0 Å². The lowest BCUT2D eigenvalue weighted by Crippen LogP contribution is -3.13. The number of benzene rings is 1. The van der Waals surface area contributed by atoms with Crippen molar-refractivity contribution >= 4 is 17.3 Å². The third kappa shape index (κ3) is 5.10. The third-order valence-electron chi connectivity index (χ3n) is 3.97. The van der Waals surface area contributed by atoms with E-state index in [0.29, 0.717) is 0 Å². The van der Waals surface area contributed by atoms with Crippen LogP contribution >= 0.6 is 12.2 Å². The van der Waals surface area contributed by atoms with Crippen LogP contribution in [0.3, 0.4) is 0 Å². The summed E-state index contributed by atoms with van der Waals surface area (Å²) in [6.07, 6.45) is 4.16. The molecule has 4 heteroatoms. The fraction of sp³-hybridized carbons (Fsp3) is 0.562. The molecule has 2 rings (SSSR count). The first-order valence-electron chi connectivity index (χ1n) is 7.68. The lowest BCUT2D eigenvalue weighted by Gasteiger charge is -2.24. The lowest BCUT2D eigenvalue weighted by atomic mass is 10.1. The van der Waals surface area contributed by atoms with Gasteiger partial charge in [-0.1, -0.05) is 30.3 Å². The van der Waals surface area contributed by atoms with E-state index in [9.17, 15) is 0 Å². The van der Waals surface area contributed by atoms with Gasteiger partial charge >= 0.3 is 0 Å². The highest BCUT2D eigenvalue weighted by Crippen LogP contribution is 2.10. The van der Waals surface area contributed by atoms with Gasteiger partial charge in [0.2, 0.25) is 0 Å². The van der Waals surface area contributed by atoms with Crippen LogP contribution in [-0.4, -0.2) is 31.3 Å². The Morgan fingerprint density at radius 2 is 1.90 bits per heavy atom. The predicted octanol–water partition coefficient (Wildman–Crippen LogP) is 1.28. The first kappa shape index (κ1) is 15.3. The zero-order valence-electron chi connectivity index (χ0n) is 12.3. The molecule has 0 aromatic heterocycles. The average molecular weight is 292 g/mol. The van der Waals surface area contributed by atoms with Crippen molar-refractivity contribution in [1.29, 1.82) is 0 Å². The van der Waals surface area contributed by atoms with Gasteiger partial charge in [-0.05, 0) is 44.0 Å². The molecule has 1 aromatic carbocycles. The molecular formula is C16H26N3S+. The van der Waals surface area contributed by atoms with E-state index < -0.39 is 0 Å². The molecular weight excluding hydrogens is 266 g/mol. The van der Waals surface area contributed by atoms with Gasteiger partial charge in [0, 0.05) is 0 Å². The van der Waals surface area contributed by atoms with E-state index in [2.05, 4.69) is 41.8 Å². The SMILES string of the molecule is C[C@@H](NC(=S)NCC[NH+]1CCCCC1)c1ccccc1. The second-order valence-corrected chi connectivity index (χ2v) is 6.00. The molecule has 1 atom stereocenters. The number of piperidine rings is 1. The van der Waals surface area contributed by atoms with Crippen molar-refractivity contribution in [3.8, 4) is 0 Å². The largest absolute Gasteiger partial charge is 0.357 e. The Balaban J connectivity index is 1.65. The average Bonchev–Trinajstić information content (AvgIpc) is 2.49. The van der Waals surface area contributed by atoms with Crippen LogP contribution in [0.2, 0.25) is 0 Å². The number of hydrogen-bond acceptors (Lipinski definition) is 1. The van der Waals surface area contributed by atoms with Crippen molar-refractivity contribution in [3.05, 3.63) is 35.9 Å². The van der Waals surface area contributed by atoms with Gasteiger partial charge in [0.05, 0.1) is 32.2 Å². The van der Waals surface area contributed by atoms with Gasteiger partial charge in [0.15, 0.2) is 5.11 Å². The van der Waals surface area contributed by atoms with Gasteiger partial charge in [0.25, 0.3) is 0 Å². The second-order valence-electron chi connectivity index (χ2n) is 5.59. The minimum absolute atomic E-state index is 0.249. The number of hydrogen-bond donors (Lipinski definition) is 3. The zero-order chi connectivity index (χ0) is 14.2. The molecule has 0 bridgehead atoms. The number of thiocarbonyl (C=S) groups is 1. The highest BCUT2D eigenvalue weighted by atomic mass is 32.1. The van der Waals surface area contributed by atoms with Crippen LogP contribution < -0.4 is 15.5 Å². The molecule has 0 spiro atoms. The van der Waals surface area contributed by atoms with Crippen molar-refractivity contribution in [3.63, 3.8) is 0 Å². The van der Waals surface area contributed by atoms with Gasteiger partial charge in [0.1, 0.15) is 0 Å². The van der Waals surface area contributed by atoms with E-state index in [1.165, 1.54) is 44.5 Å². The Bertz CT molecular complexity index is 401. The normalized spacial score (nSPS) is 17.4. The molecule has 1 aromatic rings. The van der Waals surface area contributed by atoms with E-state index >= 15 is 0 Å². The maximum atomic E-state index is 5.37. The summed E-state index contributed by atoms with van der Waals surface area (Å²) in [4.78, 5) is 1.71. The second kappa shape index (κ2) is 8.22. The molecule has 0 radical (unpaired) electrons. The quantitative estimate of drug-likeness (QED) is 0.714. The number of nitrogens with one attached hydrogen (secondary N) is 3. The van der Waals surface area contributed by atoms with Crippen molar-refractivity contribution in [2.24, 2.45) is 0 Å². The summed E-state index contributed by atoms with van der Waals surface area (Å²) < 4.78 is 0. The van der Waals surface area contributed by atoms with E-state index in [-0.39, 0.29) is 6.04 Å². The molecule has 0 unspecified atom stereocenters. The van der Waals surface area contributed by atoms with E-state index in [1.807, 2.05) is 6.07 Å². The van der Waals surface area contributed by atoms with E-state index in [4.69, 9.17) is 12.2 Å². The van der Waals surface area contributed by atoms with Gasteiger partial charge in [-0.3, -0.25) is 0 Å². The Morgan fingerprint density at radius 3 is 2.60 bits per heavy atom. The summed E-state index contributed by atoms with van der Waals surface area (Å²) in [7, 11) is 0. The molecule has 1 saturated heterocycles. The van der Waals surface area contributed by atoms with Crippen molar-refractivity contribution in [2.75, 3.05) is 26.2 Å². The van der Waals surface area contributed by atoms with Crippen LogP contribution in [-0.2, 0) is 0 Å². The van der Waals surface area contributed by atoms with Crippen LogP contribution in [0.15, 0.2) is 30.3 Å². The molecule has 1 heterocycles. The molecule has 1 aliphatic rings. The van der Waals surface area contributed by atoms with Crippen LogP contribution in [0.1, 0.15) is 37.8 Å². The third-order valence-corrected chi connectivity index (χ3v) is 4.23. The predicted molar refractivity (Wildman–Crippen MR) is 88.0 cm³/mol. The maximum absolute atomic E-state index is 5.37. The first-order valence-corrected chi connectivity index (χ1v) is 8.09. The van der Waals surface area contributed by atoms with Gasteiger partial charge < -0.3 is 15.5 Å². The minimum Gasteiger partial charge on any atom is -0.357 e. The fourth-order valence-corrected chi connectivity index (χ4v) is 3.01. The van der Waals surface area contributed by atoms with Crippen LogP contribution in [0.25, 0.3) is 0 Å². The number of rotatable bonds is 5. The highest BCUT2D eigenvalue weighted by molar-refractivity contribution is 7.80. The standard InChI is InChI=1S/C16H25N3S/c1-14(15-8-4-2-5-9-15)18-16(20)17-10-13-19-11-6-3-7-12-19/h2,4-5,8-9,14H,3,6-7,10-13H2,1H3,(H2,17,18,20)/p+1/t14-/m1/s1. The smallest absolute Gasteiger partial charge is 0.166 e. The molecule has 0 saturated carbocycles. The van der Waals surface area contributed by atoms with Gasteiger partial charge in [-0.25, -0.2) is 0 Å². The zero-order valence-corrected chi connectivity index (χ0v) is 13.1. The van der Waals surface area contributed by atoms with Gasteiger partial charge in [-0.15, -0.1) is 0 Å². The summed E-state index contributed by atoms with van der Waals surface area (Å²) >= 11 is 5.37. The molecule has 1 aliphatic heterocycles. The molecule has 110 valence electrons. The fourth-order valence-electron chi connectivity index (χ4n) is 2.73. The number of likely N-dealkylation sites (tertiary alicyclic amines) is 1. The molecule has 1 fully saturated rings. The summed E-state index contributed by atoms with van der Waals surface area (Å²) in [6.45, 7) is 6.91. The van der Waals surface area contributed by atoms with Crippen molar-refractivity contribution in [1.82, 2.24) is 10.6 Å².